The maximum absolute atomic E-state index is 12.6. The lowest BCUT2D eigenvalue weighted by molar-refractivity contribution is -0.0575. The van der Waals surface area contributed by atoms with Gasteiger partial charge in [-0.2, -0.15) is 0 Å². The van der Waals surface area contributed by atoms with Crippen molar-refractivity contribution >= 4 is 23.0 Å². The van der Waals surface area contributed by atoms with Gasteiger partial charge in [0.2, 0.25) is 0 Å². The molecule has 2 aliphatic heterocycles. The first kappa shape index (κ1) is 13.2. The molecule has 4 rings (SSSR count). The molecule has 0 atom stereocenters. The molecule has 6 nitrogen and oxygen atoms in total. The van der Waals surface area contributed by atoms with Crippen LogP contribution in [0.15, 0.2) is 28.9 Å². The molecule has 1 aromatic heterocycles. The summed E-state index contributed by atoms with van der Waals surface area (Å²) in [6, 6.07) is 5.90. The van der Waals surface area contributed by atoms with E-state index in [1.165, 1.54) is 6.26 Å². The molecule has 0 unspecified atom stereocenters. The standard InChI is InChI=1S/C16H16N2O4/c1-2-10-3-4-13-11(5-10)12(6-21-13)14(19)18-8-16(9-18)7-17-15(20)22-16/h3-6H,2,7-9H2,1H3,(H,17,20). The zero-order valence-electron chi connectivity index (χ0n) is 12.2. The van der Waals surface area contributed by atoms with Crippen LogP contribution >= 0.6 is 0 Å². The maximum atomic E-state index is 12.6. The number of likely N-dealkylation sites (tertiary alicyclic amines) is 1. The van der Waals surface area contributed by atoms with Crippen molar-refractivity contribution in [2.24, 2.45) is 0 Å². The summed E-state index contributed by atoms with van der Waals surface area (Å²) in [7, 11) is 0. The molecule has 3 heterocycles. The van der Waals surface area contributed by atoms with E-state index in [9.17, 15) is 9.59 Å². The summed E-state index contributed by atoms with van der Waals surface area (Å²) in [6.07, 6.45) is 2.01. The molecule has 6 heteroatoms. The second-order valence-corrected chi connectivity index (χ2v) is 5.92. The highest BCUT2D eigenvalue weighted by Crippen LogP contribution is 2.31. The molecule has 2 saturated heterocycles. The van der Waals surface area contributed by atoms with Crippen molar-refractivity contribution in [2.45, 2.75) is 18.9 Å². The molecule has 2 aromatic rings. The quantitative estimate of drug-likeness (QED) is 0.920. The first-order valence-corrected chi connectivity index (χ1v) is 7.36. The lowest BCUT2D eigenvalue weighted by Gasteiger charge is -2.45. The Balaban J connectivity index is 1.58. The van der Waals surface area contributed by atoms with Crippen LogP contribution in [0.3, 0.4) is 0 Å². The van der Waals surface area contributed by atoms with Crippen molar-refractivity contribution in [3.05, 3.63) is 35.6 Å². The molecule has 0 aliphatic carbocycles. The van der Waals surface area contributed by atoms with Crippen LogP contribution in [0.1, 0.15) is 22.8 Å². The number of hydrogen-bond donors (Lipinski definition) is 1. The van der Waals surface area contributed by atoms with E-state index in [4.69, 9.17) is 9.15 Å². The number of fused-ring (bicyclic) bond motifs is 1. The van der Waals surface area contributed by atoms with Crippen LogP contribution in [-0.4, -0.2) is 42.1 Å². The average molecular weight is 300 g/mol. The van der Waals surface area contributed by atoms with Crippen LogP contribution in [0.5, 0.6) is 0 Å². The average Bonchev–Trinajstić information content (AvgIpc) is 3.08. The summed E-state index contributed by atoms with van der Waals surface area (Å²) < 4.78 is 10.7. The zero-order chi connectivity index (χ0) is 15.3. The number of hydrogen-bond acceptors (Lipinski definition) is 4. The second kappa shape index (κ2) is 4.50. The number of amides is 2. The fraction of sp³-hybridized carbons (Fsp3) is 0.375. The topological polar surface area (TPSA) is 71.8 Å². The molecule has 2 fully saturated rings. The highest BCUT2D eigenvalue weighted by atomic mass is 16.6. The van der Waals surface area contributed by atoms with E-state index in [-0.39, 0.29) is 5.91 Å². The number of carbonyl (C=O) groups excluding carboxylic acids is 2. The minimum atomic E-state index is -0.541. The number of aryl methyl sites for hydroxylation is 1. The van der Waals surface area contributed by atoms with Gasteiger partial charge < -0.3 is 19.4 Å². The monoisotopic (exact) mass is 300 g/mol. The normalized spacial score (nSPS) is 19.1. The smallest absolute Gasteiger partial charge is 0.408 e. The summed E-state index contributed by atoms with van der Waals surface area (Å²) in [5.74, 6) is -0.0828. The van der Waals surface area contributed by atoms with E-state index in [1.54, 1.807) is 4.90 Å². The van der Waals surface area contributed by atoms with Crippen LogP contribution in [0, 0.1) is 0 Å². The first-order valence-electron chi connectivity index (χ1n) is 7.36. The van der Waals surface area contributed by atoms with Crippen LogP contribution in [0.25, 0.3) is 11.0 Å². The van der Waals surface area contributed by atoms with E-state index in [0.717, 1.165) is 17.4 Å². The zero-order valence-corrected chi connectivity index (χ0v) is 12.2. The Morgan fingerprint density at radius 2 is 2.23 bits per heavy atom. The fourth-order valence-electron chi connectivity index (χ4n) is 3.10. The summed E-state index contributed by atoms with van der Waals surface area (Å²) in [5, 5.41) is 3.47. The van der Waals surface area contributed by atoms with E-state index >= 15 is 0 Å². The number of carbonyl (C=O) groups is 2. The maximum Gasteiger partial charge on any atom is 0.408 e. The van der Waals surface area contributed by atoms with Gasteiger partial charge in [0, 0.05) is 5.39 Å². The van der Waals surface area contributed by atoms with Gasteiger partial charge in [0.25, 0.3) is 5.91 Å². The number of nitrogens with one attached hydrogen (secondary N) is 1. The van der Waals surface area contributed by atoms with Gasteiger partial charge in [0.15, 0.2) is 5.60 Å². The fourth-order valence-corrected chi connectivity index (χ4v) is 3.10. The van der Waals surface area contributed by atoms with E-state index in [2.05, 4.69) is 12.2 Å². The molecule has 2 aliphatic rings. The lowest BCUT2D eigenvalue weighted by Crippen LogP contribution is -2.65. The number of benzene rings is 1. The van der Waals surface area contributed by atoms with Gasteiger partial charge in [0.1, 0.15) is 11.8 Å². The Morgan fingerprint density at radius 1 is 1.41 bits per heavy atom. The van der Waals surface area contributed by atoms with Crippen molar-refractivity contribution in [2.75, 3.05) is 19.6 Å². The molecule has 0 bridgehead atoms. The minimum absolute atomic E-state index is 0.0828. The van der Waals surface area contributed by atoms with Crippen LogP contribution < -0.4 is 5.32 Å². The highest BCUT2D eigenvalue weighted by Gasteiger charge is 2.52. The van der Waals surface area contributed by atoms with Crippen molar-refractivity contribution in [3.8, 4) is 0 Å². The van der Waals surface area contributed by atoms with E-state index < -0.39 is 11.7 Å². The second-order valence-electron chi connectivity index (χ2n) is 5.92. The Hall–Kier alpha value is -2.50. The molecule has 1 aromatic carbocycles. The van der Waals surface area contributed by atoms with Gasteiger partial charge in [-0.15, -0.1) is 0 Å². The number of nitrogens with zero attached hydrogens (tertiary/aromatic N) is 1. The number of alkyl carbamates (subject to hydrolysis) is 1. The summed E-state index contributed by atoms with van der Waals surface area (Å²) in [4.78, 5) is 25.5. The summed E-state index contributed by atoms with van der Waals surface area (Å²) in [6.45, 7) is 3.38. The third-order valence-electron chi connectivity index (χ3n) is 4.39. The molecule has 1 N–H and O–H groups in total. The van der Waals surface area contributed by atoms with Crippen molar-refractivity contribution in [1.82, 2.24) is 10.2 Å². The Kier molecular flexibility index (Phi) is 2.69. The largest absolute Gasteiger partial charge is 0.463 e. The van der Waals surface area contributed by atoms with E-state index in [0.29, 0.717) is 30.8 Å². The number of furan rings is 1. The third-order valence-corrected chi connectivity index (χ3v) is 4.39. The van der Waals surface area contributed by atoms with Gasteiger partial charge in [-0.25, -0.2) is 4.79 Å². The van der Waals surface area contributed by atoms with Crippen molar-refractivity contribution in [1.29, 1.82) is 0 Å². The van der Waals surface area contributed by atoms with Gasteiger partial charge in [0.05, 0.1) is 25.2 Å². The number of ether oxygens (including phenoxy) is 1. The van der Waals surface area contributed by atoms with Crippen LogP contribution in [0.4, 0.5) is 4.79 Å². The Morgan fingerprint density at radius 3 is 2.91 bits per heavy atom. The predicted molar refractivity (Wildman–Crippen MR) is 78.7 cm³/mol. The molecule has 1 spiro atoms. The van der Waals surface area contributed by atoms with Gasteiger partial charge >= 0.3 is 6.09 Å². The molecule has 0 radical (unpaired) electrons. The molecule has 22 heavy (non-hydrogen) atoms. The third kappa shape index (κ3) is 1.87. The first-order chi connectivity index (χ1) is 10.6. The molecular formula is C16H16N2O4. The van der Waals surface area contributed by atoms with Crippen molar-refractivity contribution in [3.63, 3.8) is 0 Å². The summed E-state index contributed by atoms with van der Waals surface area (Å²) >= 11 is 0. The molecule has 0 saturated carbocycles. The Bertz CT molecular complexity index is 774. The number of rotatable bonds is 2. The van der Waals surface area contributed by atoms with Crippen LogP contribution in [0.2, 0.25) is 0 Å². The van der Waals surface area contributed by atoms with E-state index in [1.807, 2.05) is 18.2 Å². The SMILES string of the molecule is CCc1ccc2occ(C(=O)N3CC4(CNC(=O)O4)C3)c2c1. The van der Waals surface area contributed by atoms with Crippen LogP contribution in [-0.2, 0) is 11.2 Å². The molecular weight excluding hydrogens is 284 g/mol. The van der Waals surface area contributed by atoms with Crippen molar-refractivity contribution < 1.29 is 18.7 Å². The van der Waals surface area contributed by atoms with Gasteiger partial charge in [-0.1, -0.05) is 13.0 Å². The Labute approximate surface area is 127 Å². The highest BCUT2D eigenvalue weighted by molar-refractivity contribution is 6.06. The summed E-state index contributed by atoms with van der Waals surface area (Å²) in [5.41, 5.74) is 1.90. The molecule has 2 amide bonds. The lowest BCUT2D eigenvalue weighted by atomic mass is 9.93. The van der Waals surface area contributed by atoms with Gasteiger partial charge in [-0.05, 0) is 24.1 Å². The van der Waals surface area contributed by atoms with Gasteiger partial charge in [-0.3, -0.25) is 4.79 Å². The minimum Gasteiger partial charge on any atom is -0.463 e. The molecule has 114 valence electrons. The predicted octanol–water partition coefficient (Wildman–Crippen LogP) is 1.93.